The first kappa shape index (κ1) is 14.9. The molecular weight excluding hydrogens is 259 g/mol. The van der Waals surface area contributed by atoms with E-state index < -0.39 is 24.3 Å². The topological polar surface area (TPSA) is 113 Å². The highest BCUT2D eigenvalue weighted by molar-refractivity contribution is 6.09. The Morgan fingerprint density at radius 2 is 2.15 bits per heavy atom. The van der Waals surface area contributed by atoms with Crippen LogP contribution in [0.15, 0.2) is 16.2 Å². The van der Waals surface area contributed by atoms with Gasteiger partial charge in [0.15, 0.2) is 0 Å². The van der Waals surface area contributed by atoms with Crippen LogP contribution in [-0.2, 0) is 0 Å². The van der Waals surface area contributed by atoms with Gasteiger partial charge < -0.3 is 30.6 Å². The first-order valence-electron chi connectivity index (χ1n) is 6.25. The van der Waals surface area contributed by atoms with Gasteiger partial charge in [0.1, 0.15) is 6.10 Å². The Bertz CT molecular complexity index is 505. The third kappa shape index (κ3) is 2.55. The average Bonchev–Trinajstić information content (AvgIpc) is 2.98. The zero-order chi connectivity index (χ0) is 14.7. The van der Waals surface area contributed by atoms with Gasteiger partial charge in [0.2, 0.25) is 0 Å². The molecule has 2 rings (SSSR count). The van der Waals surface area contributed by atoms with Crippen molar-refractivity contribution in [1.29, 1.82) is 0 Å². The highest BCUT2D eigenvalue weighted by Crippen LogP contribution is 2.35. The van der Waals surface area contributed by atoms with E-state index in [0.717, 1.165) is 0 Å². The van der Waals surface area contributed by atoms with E-state index >= 15 is 0 Å². The summed E-state index contributed by atoms with van der Waals surface area (Å²) in [5.41, 5.74) is 1.81. The van der Waals surface area contributed by atoms with Crippen molar-refractivity contribution in [2.45, 2.75) is 24.3 Å². The van der Waals surface area contributed by atoms with E-state index in [2.05, 4.69) is 27.0 Å². The Morgan fingerprint density at radius 1 is 1.40 bits per heavy atom. The standard InChI is InChI=1S/C12H17BN4O3/c1-14-9-6(2-16-7(9)3-15-5-13)10-12(20)11(19)8(4-18)17-10/h2-3,8,10-12,16-20H,1,4-5H2. The van der Waals surface area contributed by atoms with Gasteiger partial charge in [0.05, 0.1) is 44.0 Å². The summed E-state index contributed by atoms with van der Waals surface area (Å²) < 4.78 is 0. The molecule has 1 aliphatic rings. The van der Waals surface area contributed by atoms with Crippen LogP contribution in [0.5, 0.6) is 0 Å². The Balaban J connectivity index is 2.31. The van der Waals surface area contributed by atoms with Crippen LogP contribution >= 0.6 is 0 Å². The highest BCUT2D eigenvalue weighted by atomic mass is 16.3. The zero-order valence-corrected chi connectivity index (χ0v) is 10.9. The maximum atomic E-state index is 10.1. The number of nitrogens with one attached hydrogen (secondary N) is 2. The minimum absolute atomic E-state index is 0.153. The summed E-state index contributed by atoms with van der Waals surface area (Å²) in [5.74, 6) is 0. The molecule has 0 aromatic carbocycles. The van der Waals surface area contributed by atoms with Gasteiger partial charge in [-0.05, 0) is 13.2 Å². The second-order valence-corrected chi connectivity index (χ2v) is 4.57. The molecule has 1 fully saturated rings. The SMILES string of the molecule is [B]CN=Cc1[nH]cc(C2NC(CO)C(O)C2O)c1N=C. The molecule has 2 heterocycles. The monoisotopic (exact) mass is 276 g/mol. The summed E-state index contributed by atoms with van der Waals surface area (Å²) in [6.45, 7) is 3.24. The summed E-state index contributed by atoms with van der Waals surface area (Å²) in [6, 6.07) is -1.12. The van der Waals surface area contributed by atoms with Crippen molar-refractivity contribution >= 4 is 26.5 Å². The van der Waals surface area contributed by atoms with Crippen LogP contribution in [0.4, 0.5) is 5.69 Å². The summed E-state index contributed by atoms with van der Waals surface area (Å²) >= 11 is 0. The molecule has 5 N–H and O–H groups in total. The van der Waals surface area contributed by atoms with Crippen LogP contribution in [0.25, 0.3) is 0 Å². The number of rotatable bonds is 5. The number of H-pyrrole nitrogens is 1. The van der Waals surface area contributed by atoms with Crippen molar-refractivity contribution in [3.8, 4) is 0 Å². The number of aliphatic hydroxyl groups is 3. The van der Waals surface area contributed by atoms with Gasteiger partial charge in [-0.2, -0.15) is 0 Å². The second-order valence-electron chi connectivity index (χ2n) is 4.57. The molecule has 4 atom stereocenters. The maximum absolute atomic E-state index is 10.1. The van der Waals surface area contributed by atoms with Crippen LogP contribution in [-0.4, -0.2) is 72.4 Å². The van der Waals surface area contributed by atoms with Gasteiger partial charge in [-0.25, -0.2) is 0 Å². The number of aromatic amines is 1. The maximum Gasteiger partial charge on any atom is 0.101 e. The number of hydrogen-bond acceptors (Lipinski definition) is 6. The Kier molecular flexibility index (Phi) is 4.71. The summed E-state index contributed by atoms with van der Waals surface area (Å²) in [4.78, 5) is 10.8. The lowest BCUT2D eigenvalue weighted by Crippen LogP contribution is -2.35. The van der Waals surface area contributed by atoms with E-state index in [0.29, 0.717) is 16.9 Å². The Hall–Kier alpha value is -1.48. The van der Waals surface area contributed by atoms with E-state index in [-0.39, 0.29) is 13.1 Å². The van der Waals surface area contributed by atoms with Crippen molar-refractivity contribution in [3.63, 3.8) is 0 Å². The largest absolute Gasteiger partial charge is 0.395 e. The number of aliphatic hydroxyl groups excluding tert-OH is 3. The average molecular weight is 276 g/mol. The number of aromatic nitrogens is 1. The summed E-state index contributed by atoms with van der Waals surface area (Å²) in [6.07, 6.45) is 1.27. The molecule has 20 heavy (non-hydrogen) atoms. The second kappa shape index (κ2) is 6.32. The summed E-state index contributed by atoms with van der Waals surface area (Å²) in [5, 5.41) is 32.0. The highest BCUT2D eigenvalue weighted by Gasteiger charge is 2.42. The van der Waals surface area contributed by atoms with Gasteiger partial charge in [0.25, 0.3) is 0 Å². The van der Waals surface area contributed by atoms with Gasteiger partial charge in [-0.1, -0.05) is 0 Å². The van der Waals surface area contributed by atoms with Gasteiger partial charge >= 0.3 is 0 Å². The smallest absolute Gasteiger partial charge is 0.101 e. The summed E-state index contributed by atoms with van der Waals surface area (Å²) in [7, 11) is 5.30. The molecule has 2 radical (unpaired) electrons. The van der Waals surface area contributed by atoms with Gasteiger partial charge in [-0.15, -0.1) is 0 Å². The first-order valence-corrected chi connectivity index (χ1v) is 6.25. The minimum Gasteiger partial charge on any atom is -0.395 e. The molecule has 1 aromatic heterocycles. The molecule has 1 aromatic rings. The number of hydrogen-bond donors (Lipinski definition) is 5. The Morgan fingerprint density at radius 3 is 2.70 bits per heavy atom. The lowest BCUT2D eigenvalue weighted by molar-refractivity contribution is 0.0195. The lowest BCUT2D eigenvalue weighted by Gasteiger charge is -2.15. The fraction of sp³-hybridized carbons (Fsp3) is 0.500. The molecule has 4 unspecified atom stereocenters. The van der Waals surface area contributed by atoms with E-state index in [1.54, 1.807) is 6.20 Å². The minimum atomic E-state index is -1.04. The van der Waals surface area contributed by atoms with Gasteiger partial charge in [-0.3, -0.25) is 4.99 Å². The van der Waals surface area contributed by atoms with Crippen molar-refractivity contribution in [2.24, 2.45) is 9.98 Å². The first-order chi connectivity index (χ1) is 9.63. The van der Waals surface area contributed by atoms with E-state index in [4.69, 9.17) is 13.0 Å². The molecule has 7 nitrogen and oxygen atoms in total. The predicted molar refractivity (Wildman–Crippen MR) is 77.0 cm³/mol. The quantitative estimate of drug-likeness (QED) is 0.337. The molecule has 8 heteroatoms. The van der Waals surface area contributed by atoms with Crippen LogP contribution < -0.4 is 5.32 Å². The zero-order valence-electron chi connectivity index (χ0n) is 10.9. The van der Waals surface area contributed by atoms with Crippen LogP contribution in [0.2, 0.25) is 0 Å². The molecule has 1 aliphatic heterocycles. The van der Waals surface area contributed by atoms with Gasteiger partial charge in [0, 0.05) is 18.0 Å². The molecule has 0 spiro atoms. The van der Waals surface area contributed by atoms with Crippen LogP contribution in [0, 0.1) is 0 Å². The Labute approximate surface area is 117 Å². The van der Waals surface area contributed by atoms with E-state index in [1.165, 1.54) is 6.21 Å². The molecule has 0 bridgehead atoms. The molecular formula is C12H17BN4O3. The molecule has 1 saturated heterocycles. The molecule has 106 valence electrons. The van der Waals surface area contributed by atoms with Crippen molar-refractivity contribution in [1.82, 2.24) is 10.3 Å². The van der Waals surface area contributed by atoms with Crippen LogP contribution in [0.1, 0.15) is 17.3 Å². The molecule has 0 amide bonds. The molecule has 0 saturated carbocycles. The van der Waals surface area contributed by atoms with Crippen molar-refractivity contribution in [2.75, 3.05) is 13.1 Å². The third-order valence-electron chi connectivity index (χ3n) is 3.42. The van der Waals surface area contributed by atoms with Crippen LogP contribution in [0.3, 0.4) is 0 Å². The molecule has 0 aliphatic carbocycles. The van der Waals surface area contributed by atoms with Crippen molar-refractivity contribution in [3.05, 3.63) is 17.5 Å². The fourth-order valence-corrected chi connectivity index (χ4v) is 2.40. The fourth-order valence-electron chi connectivity index (χ4n) is 2.40. The van der Waals surface area contributed by atoms with E-state index in [9.17, 15) is 10.2 Å². The number of aliphatic imine (C=N–C) groups is 2. The van der Waals surface area contributed by atoms with Crippen molar-refractivity contribution < 1.29 is 15.3 Å². The lowest BCUT2D eigenvalue weighted by atomic mass is 10.0. The normalized spacial score (nSPS) is 30.1. The van der Waals surface area contributed by atoms with E-state index in [1.807, 2.05) is 0 Å². The third-order valence-corrected chi connectivity index (χ3v) is 3.42. The number of nitrogens with zero attached hydrogens (tertiary/aromatic N) is 2. The predicted octanol–water partition coefficient (Wildman–Crippen LogP) is -1.38.